The fourth-order valence-electron chi connectivity index (χ4n) is 4.59. The van der Waals surface area contributed by atoms with Gasteiger partial charge in [0.1, 0.15) is 12.0 Å². The number of carbonyl (C=O) groups excluding carboxylic acids is 1. The zero-order valence-electron chi connectivity index (χ0n) is 16.3. The van der Waals surface area contributed by atoms with Gasteiger partial charge in [-0.1, -0.05) is 31.9 Å². The third-order valence-electron chi connectivity index (χ3n) is 5.97. The molecule has 0 spiro atoms. The highest BCUT2D eigenvalue weighted by Crippen LogP contribution is 2.42. The average molecular weight is 389 g/mol. The summed E-state index contributed by atoms with van der Waals surface area (Å²) in [6.45, 7) is 2.18. The molecule has 148 valence electrons. The topological polar surface area (TPSA) is 103 Å². The molecule has 0 saturated heterocycles. The fraction of sp³-hybridized carbons (Fsp3) is 0.381. The molecule has 2 aliphatic rings. The molecule has 5 rings (SSSR count). The van der Waals surface area contributed by atoms with Gasteiger partial charge in [-0.2, -0.15) is 0 Å². The van der Waals surface area contributed by atoms with Crippen molar-refractivity contribution in [1.29, 1.82) is 0 Å². The zero-order valence-corrected chi connectivity index (χ0v) is 16.3. The van der Waals surface area contributed by atoms with Crippen LogP contribution in [0.1, 0.15) is 61.3 Å². The van der Waals surface area contributed by atoms with E-state index in [1.54, 1.807) is 24.5 Å². The molecular formula is C21H23N7O. The standard InChI is InChI=1S/C21H23N7O/c1-2-16-21-26-24-12-27(21)17-11-23-19(14-7-5-6-13(10-14)18(22)29)25-20(17)28(16)15-8-3-4-9-15/h5-7,10-12,15-16H,2-4,8-9H2,1H3,(H2,22,29). The van der Waals surface area contributed by atoms with Gasteiger partial charge in [-0.25, -0.2) is 9.97 Å². The predicted molar refractivity (Wildman–Crippen MR) is 109 cm³/mol. The Kier molecular flexibility index (Phi) is 4.26. The summed E-state index contributed by atoms with van der Waals surface area (Å²) in [5.74, 6) is 1.98. The third-order valence-corrected chi connectivity index (χ3v) is 5.97. The molecule has 1 aromatic carbocycles. The van der Waals surface area contributed by atoms with E-state index >= 15 is 0 Å². The van der Waals surface area contributed by atoms with Crippen molar-refractivity contribution < 1.29 is 4.79 Å². The molecule has 1 fully saturated rings. The van der Waals surface area contributed by atoms with Crippen LogP contribution in [0, 0.1) is 0 Å². The maximum Gasteiger partial charge on any atom is 0.248 e. The van der Waals surface area contributed by atoms with Crippen LogP contribution in [0.5, 0.6) is 0 Å². The van der Waals surface area contributed by atoms with E-state index in [-0.39, 0.29) is 6.04 Å². The van der Waals surface area contributed by atoms with Gasteiger partial charge >= 0.3 is 0 Å². The Hall–Kier alpha value is -3.29. The molecule has 29 heavy (non-hydrogen) atoms. The second kappa shape index (κ2) is 6.95. The molecule has 1 aliphatic heterocycles. The Balaban J connectivity index is 1.67. The van der Waals surface area contributed by atoms with Gasteiger partial charge in [0.15, 0.2) is 17.5 Å². The number of nitrogens with zero attached hydrogens (tertiary/aromatic N) is 6. The highest BCUT2D eigenvalue weighted by molar-refractivity contribution is 5.93. The van der Waals surface area contributed by atoms with Crippen molar-refractivity contribution in [2.75, 3.05) is 4.90 Å². The van der Waals surface area contributed by atoms with Crippen molar-refractivity contribution in [3.63, 3.8) is 0 Å². The molecule has 0 bridgehead atoms. The number of hydrogen-bond acceptors (Lipinski definition) is 6. The summed E-state index contributed by atoms with van der Waals surface area (Å²) in [6.07, 6.45) is 9.26. The van der Waals surface area contributed by atoms with Crippen LogP contribution in [0.2, 0.25) is 0 Å². The lowest BCUT2D eigenvalue weighted by Gasteiger charge is -2.40. The molecular weight excluding hydrogens is 366 g/mol. The van der Waals surface area contributed by atoms with Crippen LogP contribution in [0.25, 0.3) is 17.1 Å². The number of nitrogens with two attached hydrogens (primary N) is 1. The normalized spacial score (nSPS) is 18.5. The van der Waals surface area contributed by atoms with E-state index in [0.717, 1.165) is 42.2 Å². The van der Waals surface area contributed by atoms with Crippen LogP contribution >= 0.6 is 0 Å². The van der Waals surface area contributed by atoms with Gasteiger partial charge in [0.25, 0.3) is 0 Å². The van der Waals surface area contributed by atoms with Gasteiger partial charge in [-0.05, 0) is 31.4 Å². The molecule has 1 atom stereocenters. The Morgan fingerprint density at radius 2 is 2.10 bits per heavy atom. The summed E-state index contributed by atoms with van der Waals surface area (Å²) in [6, 6.07) is 7.72. The molecule has 3 aromatic rings. The molecule has 1 saturated carbocycles. The van der Waals surface area contributed by atoms with Crippen LogP contribution < -0.4 is 10.6 Å². The van der Waals surface area contributed by atoms with Crippen LogP contribution in [0.15, 0.2) is 36.8 Å². The van der Waals surface area contributed by atoms with Gasteiger partial charge in [-0.15, -0.1) is 10.2 Å². The Bertz CT molecular complexity index is 1070. The molecule has 2 aromatic heterocycles. The average Bonchev–Trinajstić information content (AvgIpc) is 3.44. The zero-order chi connectivity index (χ0) is 20.0. The summed E-state index contributed by atoms with van der Waals surface area (Å²) < 4.78 is 2.00. The van der Waals surface area contributed by atoms with Gasteiger partial charge in [0.2, 0.25) is 5.91 Å². The second-order valence-electron chi connectivity index (χ2n) is 7.68. The Labute approximate surface area is 168 Å². The van der Waals surface area contributed by atoms with Crippen molar-refractivity contribution in [2.45, 2.75) is 51.1 Å². The van der Waals surface area contributed by atoms with E-state index < -0.39 is 5.91 Å². The van der Waals surface area contributed by atoms with E-state index in [2.05, 4.69) is 27.0 Å². The van der Waals surface area contributed by atoms with Crippen LogP contribution in [0.3, 0.4) is 0 Å². The summed E-state index contributed by atoms with van der Waals surface area (Å²) in [7, 11) is 0. The molecule has 1 aliphatic carbocycles. The van der Waals surface area contributed by atoms with Crippen molar-refractivity contribution in [2.24, 2.45) is 5.73 Å². The van der Waals surface area contributed by atoms with Crippen molar-refractivity contribution >= 4 is 11.7 Å². The lowest BCUT2D eigenvalue weighted by atomic mass is 10.0. The van der Waals surface area contributed by atoms with Crippen LogP contribution in [-0.2, 0) is 0 Å². The Morgan fingerprint density at radius 1 is 1.28 bits per heavy atom. The number of carbonyl (C=O) groups is 1. The van der Waals surface area contributed by atoms with Crippen molar-refractivity contribution in [3.8, 4) is 17.1 Å². The van der Waals surface area contributed by atoms with E-state index in [9.17, 15) is 4.79 Å². The SMILES string of the molecule is CCC1c2nncn2-c2cnc(-c3cccc(C(N)=O)c3)nc2N1C1CCCC1. The molecule has 8 heteroatoms. The van der Waals surface area contributed by atoms with Gasteiger partial charge in [0.05, 0.1) is 12.2 Å². The smallest absolute Gasteiger partial charge is 0.248 e. The number of hydrogen-bond donors (Lipinski definition) is 1. The first-order chi connectivity index (χ1) is 14.2. The van der Waals surface area contributed by atoms with E-state index in [1.165, 1.54) is 12.8 Å². The monoisotopic (exact) mass is 389 g/mol. The van der Waals surface area contributed by atoms with Gasteiger partial charge in [0, 0.05) is 17.2 Å². The lowest BCUT2D eigenvalue weighted by molar-refractivity contribution is 0.100. The van der Waals surface area contributed by atoms with E-state index in [4.69, 9.17) is 10.7 Å². The minimum Gasteiger partial charge on any atom is -0.366 e. The third kappa shape index (κ3) is 2.86. The highest BCUT2D eigenvalue weighted by Gasteiger charge is 2.38. The molecule has 8 nitrogen and oxygen atoms in total. The van der Waals surface area contributed by atoms with Gasteiger partial charge in [-0.3, -0.25) is 9.36 Å². The number of primary amides is 1. The number of aromatic nitrogens is 5. The maximum atomic E-state index is 11.6. The first-order valence-corrected chi connectivity index (χ1v) is 10.1. The second-order valence-corrected chi connectivity index (χ2v) is 7.68. The molecule has 3 heterocycles. The summed E-state index contributed by atoms with van der Waals surface area (Å²) >= 11 is 0. The van der Waals surface area contributed by atoms with Crippen molar-refractivity contribution in [3.05, 3.63) is 48.2 Å². The summed E-state index contributed by atoms with van der Waals surface area (Å²) in [4.78, 5) is 23.6. The fourth-order valence-corrected chi connectivity index (χ4v) is 4.59. The maximum absolute atomic E-state index is 11.6. The van der Waals surface area contributed by atoms with E-state index in [1.807, 2.05) is 16.8 Å². The van der Waals surface area contributed by atoms with Gasteiger partial charge < -0.3 is 10.6 Å². The minimum absolute atomic E-state index is 0.132. The quantitative estimate of drug-likeness (QED) is 0.736. The first-order valence-electron chi connectivity index (χ1n) is 10.1. The summed E-state index contributed by atoms with van der Waals surface area (Å²) in [5.41, 5.74) is 7.57. The molecule has 2 N–H and O–H groups in total. The largest absolute Gasteiger partial charge is 0.366 e. The van der Waals surface area contributed by atoms with E-state index in [0.29, 0.717) is 17.4 Å². The first kappa shape index (κ1) is 17.8. The minimum atomic E-state index is -0.461. The lowest BCUT2D eigenvalue weighted by Crippen LogP contribution is -2.42. The molecule has 1 unspecified atom stereocenters. The molecule has 1 amide bonds. The number of benzene rings is 1. The highest BCUT2D eigenvalue weighted by atomic mass is 16.1. The predicted octanol–water partition coefficient (Wildman–Crippen LogP) is 3.04. The number of fused-ring (bicyclic) bond motifs is 3. The number of amides is 1. The summed E-state index contributed by atoms with van der Waals surface area (Å²) in [5, 5.41) is 8.56. The number of anilines is 1. The molecule has 0 radical (unpaired) electrons. The van der Waals surface area contributed by atoms with Crippen molar-refractivity contribution in [1.82, 2.24) is 24.7 Å². The Morgan fingerprint density at radius 3 is 2.86 bits per heavy atom. The van der Waals surface area contributed by atoms with Crippen LogP contribution in [-0.4, -0.2) is 36.7 Å². The number of rotatable bonds is 4. The van der Waals surface area contributed by atoms with Crippen LogP contribution in [0.4, 0.5) is 5.82 Å².